The van der Waals surface area contributed by atoms with Crippen LogP contribution in [0.5, 0.6) is 5.75 Å². The number of amides is 3. The highest BCUT2D eigenvalue weighted by Gasteiger charge is 2.51. The van der Waals surface area contributed by atoms with Crippen molar-refractivity contribution in [1.29, 1.82) is 0 Å². The molecule has 13 rings (SSSR count). The van der Waals surface area contributed by atoms with Gasteiger partial charge in [0.2, 0.25) is 17.7 Å². The Balaban J connectivity index is 0.000000147. The largest absolute Gasteiger partial charge is 0.476 e. The van der Waals surface area contributed by atoms with Crippen molar-refractivity contribution in [2.45, 2.75) is 113 Å². The first-order valence-corrected chi connectivity index (χ1v) is 33.5. The Morgan fingerprint density at radius 3 is 0.885 bits per heavy atom. The zero-order valence-corrected chi connectivity index (χ0v) is 54.8. The third kappa shape index (κ3) is 15.5. The Morgan fingerprint density at radius 2 is 0.594 bits per heavy atom. The lowest BCUT2D eigenvalue weighted by Crippen LogP contribution is -2.73. The summed E-state index contributed by atoms with van der Waals surface area (Å²) in [6.45, 7) is 6.82. The smallest absolute Gasteiger partial charge is 0.245 e. The van der Waals surface area contributed by atoms with Gasteiger partial charge in [-0.05, 0) is 88.0 Å². The van der Waals surface area contributed by atoms with Gasteiger partial charge in [-0.3, -0.25) is 30.3 Å². The number of hydrogen-bond donors (Lipinski definition) is 6. The molecule has 0 bridgehead atoms. The number of carbonyl (C=O) groups is 3. The predicted molar refractivity (Wildman–Crippen MR) is 381 cm³/mol. The molecule has 3 heterocycles. The van der Waals surface area contributed by atoms with E-state index in [1.807, 2.05) is 208 Å². The van der Waals surface area contributed by atoms with E-state index in [1.165, 1.54) is 32.1 Å². The number of rotatable bonds is 27. The van der Waals surface area contributed by atoms with Gasteiger partial charge in [-0.2, -0.15) is 0 Å². The number of allylic oxidation sites excluding steroid dienone is 1. The molecule has 0 radical (unpaired) electrons. The second-order valence-electron chi connectivity index (χ2n) is 24.6. The fraction of sp³-hybridized carbons (Fsp3) is 0.226. The van der Waals surface area contributed by atoms with Gasteiger partial charge in [0.15, 0.2) is 18.7 Å². The van der Waals surface area contributed by atoms with Gasteiger partial charge >= 0.3 is 0 Å². The van der Waals surface area contributed by atoms with Crippen molar-refractivity contribution in [3.63, 3.8) is 0 Å². The molecule has 6 atom stereocenters. The minimum absolute atomic E-state index is 0.0277. The summed E-state index contributed by atoms with van der Waals surface area (Å²) in [5.74, 6) is 0.529. The molecular weight excluding hydrogens is 1190 g/mol. The summed E-state index contributed by atoms with van der Waals surface area (Å²) < 4.78 is 18.0. The van der Waals surface area contributed by atoms with Crippen LogP contribution >= 0.6 is 0 Å². The zero-order chi connectivity index (χ0) is 66.4. The number of hydrogen-bond acceptors (Lipinski definition) is 9. The summed E-state index contributed by atoms with van der Waals surface area (Å²) in [6, 6.07) is 101. The monoisotopic (exact) mass is 1270 g/mol. The average Bonchev–Trinajstić information content (AvgIpc) is 0.755. The summed E-state index contributed by atoms with van der Waals surface area (Å²) in [7, 11) is 0. The van der Waals surface area contributed by atoms with Gasteiger partial charge in [-0.1, -0.05) is 330 Å². The van der Waals surface area contributed by atoms with Crippen LogP contribution in [0.2, 0.25) is 0 Å². The van der Waals surface area contributed by atoms with Gasteiger partial charge in [0.25, 0.3) is 0 Å². The molecule has 0 saturated carbocycles. The highest BCUT2D eigenvalue weighted by Crippen LogP contribution is 2.42. The quantitative estimate of drug-likeness (QED) is 0.0128. The van der Waals surface area contributed by atoms with Crippen LogP contribution in [0.25, 0.3) is 0 Å². The summed E-state index contributed by atoms with van der Waals surface area (Å²) in [5.41, 5.74) is 8.49. The van der Waals surface area contributed by atoms with Crippen molar-refractivity contribution in [3.05, 3.63) is 365 Å². The Bertz CT molecular complexity index is 3740. The number of β-lactam (4-membered cyclic amide) rings is 3. The number of carbonyl (C=O) groups excluding carboxylic acids is 3. The molecule has 3 aliphatic rings. The number of benzene rings is 10. The molecular formula is C84H86N6O6. The van der Waals surface area contributed by atoms with Crippen molar-refractivity contribution in [2.75, 3.05) is 6.61 Å². The molecule has 96 heavy (non-hydrogen) atoms. The van der Waals surface area contributed by atoms with Gasteiger partial charge in [0.1, 0.15) is 23.9 Å². The van der Waals surface area contributed by atoms with Crippen LogP contribution in [0.4, 0.5) is 0 Å². The van der Waals surface area contributed by atoms with Crippen LogP contribution < -0.4 is 36.6 Å². The fourth-order valence-corrected chi connectivity index (χ4v) is 12.9. The molecule has 12 heteroatoms. The van der Waals surface area contributed by atoms with Gasteiger partial charge in [0, 0.05) is 6.61 Å². The van der Waals surface area contributed by atoms with Crippen LogP contribution in [0.15, 0.2) is 315 Å². The Hall–Kier alpha value is -10.2. The van der Waals surface area contributed by atoms with E-state index in [4.69, 9.17) is 14.2 Å². The topological polar surface area (TPSA) is 151 Å². The molecule has 10 aromatic rings. The normalized spacial score (nSPS) is 17.9. The van der Waals surface area contributed by atoms with Crippen molar-refractivity contribution in [1.82, 2.24) is 31.9 Å². The Kier molecular flexibility index (Phi) is 22.9. The second-order valence-corrected chi connectivity index (χ2v) is 24.6. The number of nitrogens with one attached hydrogen (secondary N) is 6. The molecule has 10 aromatic carbocycles. The van der Waals surface area contributed by atoms with Crippen LogP contribution in [0.3, 0.4) is 0 Å². The summed E-state index contributed by atoms with van der Waals surface area (Å²) >= 11 is 0. The standard InChI is InChI=1S/C30H36N2O2.C28H24N2O2.C26H26N2O2/c1-2-3-4-5-6-16-23-34-29-27(28(33)31-29)32-30(24-17-10-7-11-18-24,25-19-12-8-13-20-25)26-21-14-9-15-22-26;31-26-25(27(29-26)32-24-19-11-4-12-20-24)30-28(21-13-5-1-6-14-21,22-15-7-2-8-16-22)23-17-9-3-10-18-23;1-19(2)18-30-25-23(24(29)27-25)28-26(20-12-6-3-7-13-20,21-14-8-4-9-15-21)22-16-10-5-11-17-22/h7-15,17-22,27,29,32H,2-6,16,23H2,1H3,(H,31,33);1-20,25,27,30H,(H,29,31);3-18,23,25,28H,1-2H3,(H,27,29)/t27-,29-;25-,27-;23-,25-/m111/s1. The molecule has 6 N–H and O–H groups in total. The third-order valence-corrected chi connectivity index (χ3v) is 17.8. The maximum Gasteiger partial charge on any atom is 0.245 e. The van der Waals surface area contributed by atoms with Gasteiger partial charge < -0.3 is 30.2 Å². The second kappa shape index (κ2) is 32.8. The van der Waals surface area contributed by atoms with Crippen molar-refractivity contribution in [3.8, 4) is 5.75 Å². The fourth-order valence-electron chi connectivity index (χ4n) is 12.9. The lowest BCUT2D eigenvalue weighted by atomic mass is 9.76. The summed E-state index contributed by atoms with van der Waals surface area (Å²) in [6.07, 6.45) is 7.72. The first-order chi connectivity index (χ1) is 47.1. The highest BCUT2D eigenvalue weighted by molar-refractivity contribution is 5.90. The molecule has 0 unspecified atom stereocenters. The van der Waals surface area contributed by atoms with Gasteiger partial charge in [-0.15, -0.1) is 0 Å². The lowest BCUT2D eigenvalue weighted by Gasteiger charge is -2.45. The van der Waals surface area contributed by atoms with Crippen molar-refractivity contribution < 1.29 is 28.6 Å². The summed E-state index contributed by atoms with van der Waals surface area (Å²) in [4.78, 5) is 38.1. The van der Waals surface area contributed by atoms with Crippen LogP contribution in [-0.4, -0.2) is 61.1 Å². The first kappa shape index (κ1) is 67.2. The van der Waals surface area contributed by atoms with E-state index >= 15 is 0 Å². The van der Waals surface area contributed by atoms with E-state index in [9.17, 15) is 14.4 Å². The maximum atomic E-state index is 12.8. The molecule has 3 aliphatic heterocycles. The van der Waals surface area contributed by atoms with Gasteiger partial charge in [0.05, 0.1) is 22.9 Å². The van der Waals surface area contributed by atoms with Gasteiger partial charge in [-0.25, -0.2) is 0 Å². The molecule has 3 saturated heterocycles. The molecule has 3 fully saturated rings. The molecule has 0 aliphatic carbocycles. The lowest BCUT2D eigenvalue weighted by molar-refractivity contribution is -0.148. The SMILES string of the molecule is CC(C)=CO[C@H]1NC(=O)[C@H]1NC(c1ccccc1)(c1ccccc1)c1ccccc1.CCCCCCCCO[C@H]1NC(=O)[C@H]1NC(c1ccccc1)(c1ccccc1)c1ccccc1.O=C1N[C@H](Oc2ccccc2)[C@@H]1NC(c1ccccc1)(c1ccccc1)c1ccccc1. The van der Waals surface area contributed by atoms with E-state index in [-0.39, 0.29) is 23.9 Å². The van der Waals surface area contributed by atoms with Crippen LogP contribution in [0.1, 0.15) is 109 Å². The van der Waals surface area contributed by atoms with Crippen LogP contribution in [0, 0.1) is 0 Å². The van der Waals surface area contributed by atoms with E-state index in [0.717, 1.165) is 62.1 Å². The predicted octanol–water partition coefficient (Wildman–Crippen LogP) is 14.6. The van der Waals surface area contributed by atoms with E-state index in [0.29, 0.717) is 12.4 Å². The Morgan fingerprint density at radius 1 is 0.344 bits per heavy atom. The average molecular weight is 1280 g/mol. The molecule has 0 aromatic heterocycles. The molecule has 0 spiro atoms. The van der Waals surface area contributed by atoms with E-state index in [2.05, 4.69) is 148 Å². The number of unbranched alkanes of at least 4 members (excludes halogenated alkanes) is 5. The van der Waals surface area contributed by atoms with Crippen molar-refractivity contribution >= 4 is 17.7 Å². The number of ether oxygens (including phenoxy) is 3. The minimum atomic E-state index is -0.732. The first-order valence-electron chi connectivity index (χ1n) is 33.5. The van der Waals surface area contributed by atoms with E-state index in [1.54, 1.807) is 6.26 Å². The molecule has 488 valence electrons. The maximum absolute atomic E-state index is 12.8. The summed E-state index contributed by atoms with van der Waals surface area (Å²) in [5, 5.41) is 19.8. The Labute approximate surface area is 565 Å². The minimum Gasteiger partial charge on any atom is -0.476 e. The molecule has 3 amide bonds. The molecule has 12 nitrogen and oxygen atoms in total. The van der Waals surface area contributed by atoms with Crippen LogP contribution in [-0.2, 0) is 40.5 Å². The van der Waals surface area contributed by atoms with Crippen molar-refractivity contribution in [2.24, 2.45) is 0 Å². The third-order valence-electron chi connectivity index (χ3n) is 17.8. The number of para-hydroxylation sites is 1. The van der Waals surface area contributed by atoms with E-state index < -0.39 is 47.2 Å². The highest BCUT2D eigenvalue weighted by atomic mass is 16.5. The zero-order valence-electron chi connectivity index (χ0n) is 54.8.